The highest BCUT2D eigenvalue weighted by molar-refractivity contribution is 5.11. The van der Waals surface area contributed by atoms with Gasteiger partial charge in [-0.2, -0.15) is 0 Å². The summed E-state index contributed by atoms with van der Waals surface area (Å²) in [5.74, 6) is 2.05. The second-order valence-corrected chi connectivity index (χ2v) is 7.22. The van der Waals surface area contributed by atoms with Crippen molar-refractivity contribution in [2.24, 2.45) is 23.2 Å². The van der Waals surface area contributed by atoms with E-state index in [1.807, 2.05) is 6.92 Å². The van der Waals surface area contributed by atoms with Crippen molar-refractivity contribution in [2.75, 3.05) is 0 Å². The first-order valence-electron chi connectivity index (χ1n) is 7.95. The minimum Gasteiger partial charge on any atom is -0.393 e. The Labute approximate surface area is 118 Å². The summed E-state index contributed by atoms with van der Waals surface area (Å²) in [5.41, 5.74) is 1.52. The molecule has 19 heavy (non-hydrogen) atoms. The number of hydrogen-bond acceptors (Lipinski definition) is 1. The van der Waals surface area contributed by atoms with Crippen LogP contribution < -0.4 is 0 Å². The molecule has 2 unspecified atom stereocenters. The average molecular weight is 262 g/mol. The van der Waals surface area contributed by atoms with Crippen molar-refractivity contribution in [3.63, 3.8) is 0 Å². The van der Waals surface area contributed by atoms with Gasteiger partial charge in [-0.1, -0.05) is 44.6 Å². The summed E-state index contributed by atoms with van der Waals surface area (Å²) in [4.78, 5) is 0. The highest BCUT2D eigenvalue weighted by atomic mass is 16.3. The van der Waals surface area contributed by atoms with Crippen molar-refractivity contribution in [1.29, 1.82) is 0 Å². The molecule has 0 aromatic carbocycles. The Hall–Kier alpha value is -0.560. The van der Waals surface area contributed by atoms with Gasteiger partial charge in [0.1, 0.15) is 0 Å². The van der Waals surface area contributed by atoms with Crippen molar-refractivity contribution in [2.45, 2.75) is 65.4 Å². The third kappa shape index (κ3) is 2.97. The van der Waals surface area contributed by atoms with E-state index in [1.165, 1.54) is 25.7 Å². The first kappa shape index (κ1) is 14.8. The lowest BCUT2D eigenvalue weighted by molar-refractivity contribution is -0.0266. The summed E-state index contributed by atoms with van der Waals surface area (Å²) in [5, 5.41) is 10.3. The molecule has 2 saturated carbocycles. The van der Waals surface area contributed by atoms with Gasteiger partial charge in [-0.15, -0.1) is 0 Å². The van der Waals surface area contributed by atoms with Crippen molar-refractivity contribution >= 4 is 0 Å². The van der Waals surface area contributed by atoms with Gasteiger partial charge in [0, 0.05) is 0 Å². The van der Waals surface area contributed by atoms with Gasteiger partial charge >= 0.3 is 0 Å². The molecule has 2 fully saturated rings. The normalized spacial score (nSPS) is 40.3. The smallest absolute Gasteiger partial charge is 0.0573 e. The quantitative estimate of drug-likeness (QED) is 0.727. The van der Waals surface area contributed by atoms with Gasteiger partial charge in [-0.05, 0) is 62.2 Å². The van der Waals surface area contributed by atoms with Crippen molar-refractivity contribution in [1.82, 2.24) is 0 Å². The Morgan fingerprint density at radius 1 is 1.42 bits per heavy atom. The molecule has 0 aromatic rings. The van der Waals surface area contributed by atoms with Crippen LogP contribution in [0.25, 0.3) is 0 Å². The molecule has 0 spiro atoms. The standard InChI is InChI=1S/C18H30O/c1-13(2)7-5-8-14(3)15-10-11-16-17(19)9-6-12-18(15,16)4/h5,7,14-17,19H,1,6,8-12H2,2-4H3/b7-5+/t14-,15?,16+,17?,18-/m1/s1. The molecule has 1 heteroatoms. The first-order valence-corrected chi connectivity index (χ1v) is 7.95. The van der Waals surface area contributed by atoms with Crippen LogP contribution in [0.15, 0.2) is 24.3 Å². The number of rotatable bonds is 4. The van der Waals surface area contributed by atoms with E-state index < -0.39 is 0 Å². The fraction of sp³-hybridized carbons (Fsp3) is 0.778. The average Bonchev–Trinajstić information content (AvgIpc) is 2.67. The summed E-state index contributed by atoms with van der Waals surface area (Å²) >= 11 is 0. The van der Waals surface area contributed by atoms with Crippen LogP contribution in [0.3, 0.4) is 0 Å². The van der Waals surface area contributed by atoms with Crippen LogP contribution in [0.4, 0.5) is 0 Å². The maximum atomic E-state index is 10.3. The van der Waals surface area contributed by atoms with E-state index in [0.717, 1.165) is 30.3 Å². The summed E-state index contributed by atoms with van der Waals surface area (Å²) < 4.78 is 0. The van der Waals surface area contributed by atoms with Gasteiger partial charge in [0.2, 0.25) is 0 Å². The highest BCUT2D eigenvalue weighted by Crippen LogP contribution is 2.58. The lowest BCUT2D eigenvalue weighted by Gasteiger charge is -2.45. The summed E-state index contributed by atoms with van der Waals surface area (Å²) in [6, 6.07) is 0. The van der Waals surface area contributed by atoms with Crippen LogP contribution in [0.2, 0.25) is 0 Å². The maximum Gasteiger partial charge on any atom is 0.0573 e. The van der Waals surface area contributed by atoms with E-state index in [9.17, 15) is 5.11 Å². The topological polar surface area (TPSA) is 20.2 Å². The predicted octanol–water partition coefficient (Wildman–Crippen LogP) is 4.72. The predicted molar refractivity (Wildman–Crippen MR) is 81.9 cm³/mol. The van der Waals surface area contributed by atoms with Gasteiger partial charge < -0.3 is 5.11 Å². The molecular formula is C18H30O. The molecule has 0 radical (unpaired) electrons. The summed E-state index contributed by atoms with van der Waals surface area (Å²) in [7, 11) is 0. The minimum atomic E-state index is -0.0399. The molecule has 0 heterocycles. The Bertz CT molecular complexity index is 357. The summed E-state index contributed by atoms with van der Waals surface area (Å²) in [6.07, 6.45) is 11.6. The second kappa shape index (κ2) is 5.83. The van der Waals surface area contributed by atoms with Gasteiger partial charge in [0.25, 0.3) is 0 Å². The number of aliphatic hydroxyl groups is 1. The fourth-order valence-electron chi connectivity index (χ4n) is 4.77. The third-order valence-corrected chi connectivity index (χ3v) is 5.76. The van der Waals surface area contributed by atoms with Gasteiger partial charge in [-0.3, -0.25) is 0 Å². The van der Waals surface area contributed by atoms with Crippen LogP contribution in [0.1, 0.15) is 59.3 Å². The fourth-order valence-corrected chi connectivity index (χ4v) is 4.77. The molecule has 5 atom stereocenters. The zero-order valence-corrected chi connectivity index (χ0v) is 12.9. The largest absolute Gasteiger partial charge is 0.393 e. The van der Waals surface area contributed by atoms with Gasteiger partial charge in [0.15, 0.2) is 0 Å². The molecule has 2 rings (SSSR count). The van der Waals surface area contributed by atoms with Gasteiger partial charge in [-0.25, -0.2) is 0 Å². The maximum absolute atomic E-state index is 10.3. The Kier molecular flexibility index (Phi) is 4.55. The Morgan fingerprint density at radius 2 is 2.16 bits per heavy atom. The number of allylic oxidation sites excluding steroid dienone is 3. The Balaban J connectivity index is 2.02. The molecular weight excluding hydrogens is 232 g/mol. The van der Waals surface area contributed by atoms with E-state index in [1.54, 1.807) is 0 Å². The molecule has 1 nitrogen and oxygen atoms in total. The van der Waals surface area contributed by atoms with E-state index in [2.05, 4.69) is 32.6 Å². The lowest BCUT2D eigenvalue weighted by Crippen LogP contribution is -2.41. The molecule has 0 bridgehead atoms. The van der Waals surface area contributed by atoms with E-state index in [0.29, 0.717) is 11.3 Å². The molecule has 108 valence electrons. The monoisotopic (exact) mass is 262 g/mol. The minimum absolute atomic E-state index is 0.0399. The second-order valence-electron chi connectivity index (χ2n) is 7.22. The molecule has 0 amide bonds. The van der Waals surface area contributed by atoms with Crippen LogP contribution in [0, 0.1) is 23.2 Å². The van der Waals surface area contributed by atoms with Crippen molar-refractivity contribution in [3.8, 4) is 0 Å². The number of fused-ring (bicyclic) bond motifs is 1. The molecule has 0 aromatic heterocycles. The lowest BCUT2D eigenvalue weighted by atomic mass is 9.61. The number of aliphatic hydroxyl groups excluding tert-OH is 1. The third-order valence-electron chi connectivity index (χ3n) is 5.76. The van der Waals surface area contributed by atoms with E-state index in [4.69, 9.17) is 0 Å². The van der Waals surface area contributed by atoms with Crippen LogP contribution in [-0.4, -0.2) is 11.2 Å². The zero-order valence-electron chi connectivity index (χ0n) is 12.9. The molecule has 0 saturated heterocycles. The summed E-state index contributed by atoms with van der Waals surface area (Å²) in [6.45, 7) is 10.8. The van der Waals surface area contributed by atoms with Crippen molar-refractivity contribution in [3.05, 3.63) is 24.3 Å². The van der Waals surface area contributed by atoms with E-state index >= 15 is 0 Å². The number of hydrogen-bond donors (Lipinski definition) is 1. The highest BCUT2D eigenvalue weighted by Gasteiger charge is 2.51. The SMILES string of the molecule is C=C(C)/C=C/C[C@@H](C)C1CC[C@H]2C(O)CCC[C@]12C. The van der Waals surface area contributed by atoms with E-state index in [-0.39, 0.29) is 6.10 Å². The zero-order chi connectivity index (χ0) is 14.0. The molecule has 2 aliphatic carbocycles. The molecule has 0 aliphatic heterocycles. The van der Waals surface area contributed by atoms with Crippen LogP contribution in [0.5, 0.6) is 0 Å². The molecule has 2 aliphatic rings. The molecule has 1 N–H and O–H groups in total. The first-order chi connectivity index (χ1) is 8.95. The van der Waals surface area contributed by atoms with Crippen LogP contribution in [-0.2, 0) is 0 Å². The van der Waals surface area contributed by atoms with Crippen molar-refractivity contribution < 1.29 is 5.11 Å². The van der Waals surface area contributed by atoms with Crippen LogP contribution >= 0.6 is 0 Å². The van der Waals surface area contributed by atoms with Gasteiger partial charge in [0.05, 0.1) is 6.10 Å². The Morgan fingerprint density at radius 3 is 2.84 bits per heavy atom.